The van der Waals surface area contributed by atoms with Crippen molar-refractivity contribution < 1.29 is 0 Å². The summed E-state index contributed by atoms with van der Waals surface area (Å²) in [4.78, 5) is 9.49. The minimum Gasteiger partial charge on any atom is -0.310 e. The number of aromatic nitrogens is 2. The van der Waals surface area contributed by atoms with Crippen molar-refractivity contribution in [1.29, 1.82) is 0 Å². The van der Waals surface area contributed by atoms with Crippen LogP contribution in [-0.4, -0.2) is 36.0 Å². The number of hydrogen-bond acceptors (Lipinski definition) is 4. The van der Waals surface area contributed by atoms with Gasteiger partial charge in [0, 0.05) is 101 Å². The van der Waals surface area contributed by atoms with Gasteiger partial charge in [-0.25, -0.2) is 0 Å². The molecule has 0 N–H and O–H groups in total. The van der Waals surface area contributed by atoms with Crippen LogP contribution in [0, 0.1) is 0 Å². The Hall–Kier alpha value is -18.9. The van der Waals surface area contributed by atoms with Gasteiger partial charge in [0.05, 0.1) is 22.1 Å². The van der Waals surface area contributed by atoms with Crippen LogP contribution in [0.1, 0.15) is 0 Å². The van der Waals surface area contributed by atoms with Gasteiger partial charge in [-0.1, -0.05) is 442 Å². The van der Waals surface area contributed by atoms with Crippen LogP contribution in [0.2, 0.25) is 0 Å². The Labute approximate surface area is 864 Å². The first-order chi connectivity index (χ1) is 73.5. The smallest absolute Gasteiger partial charge is 0.240 e. The standard InChI is InChI=1S/C138H96B4N6/c1-11-39-101(40-12-1)139-127-59-31-35-63-131(127)141(132-64-36-32-60-128(132)139)103-75-67-97(68-76-103)119-95-122(100-73-81-114(82-74-100)148-137-89-85-117(145(109-51-23-7-24-52-109)110-53-25-8-26-54-110)93-125(137)126-94-118(86-90-138(126)148)146(111-55-27-9-28-56-111)112-57-29-10-30-58-112)120(98-69-77-104(78-70-98)142-133-65-37-33-61-129(133)140(102-41-13-2-14-42-102)130-62-34-38-66-134(130)142)96-121(119)99-71-79-113(80-72-99)147-135-87-83-115(143(105-43-15-3-16-44-105)106-45-17-4-18-46-106)91-123(135)124-92-116(84-88-136(124)147)144(107-47-19-5-20-48-107)108-49-21-6-22-50-108/h1-96H. The molecule has 25 aromatic rings. The molecular formula is C138H96B4N6. The molecule has 2 aromatic heterocycles. The highest BCUT2D eigenvalue weighted by molar-refractivity contribution is 7.12. The second-order valence-electron chi connectivity index (χ2n) is 38.9. The minimum atomic E-state index is -0.0127. The predicted octanol–water partition coefficient (Wildman–Crippen LogP) is 27.1. The molecule has 2 aliphatic rings. The molecule has 27 rings (SSSR count). The minimum absolute atomic E-state index is 0.0127. The summed E-state index contributed by atoms with van der Waals surface area (Å²) in [7, 11) is 0. The van der Waals surface area contributed by atoms with Gasteiger partial charge in [-0.05, 0) is 251 Å². The first-order valence-electron chi connectivity index (χ1n) is 51.3. The number of rotatable bonds is 22. The molecule has 0 bridgehead atoms. The highest BCUT2D eigenvalue weighted by Gasteiger charge is 2.41. The zero-order chi connectivity index (χ0) is 97.9. The zero-order valence-electron chi connectivity index (χ0n) is 81.4. The molecule has 2 aliphatic heterocycles. The van der Waals surface area contributed by atoms with Gasteiger partial charge in [-0.3, -0.25) is 0 Å². The fourth-order valence-corrected chi connectivity index (χ4v) is 23.9. The monoisotopic (exact) mass is 1880 g/mol. The lowest BCUT2D eigenvalue weighted by Crippen LogP contribution is -2.74. The second kappa shape index (κ2) is 38.1. The topological polar surface area (TPSA) is 22.8 Å². The quantitative estimate of drug-likeness (QED) is 0.0631. The summed E-state index contributed by atoms with van der Waals surface area (Å²) < 4.78 is 4.96. The Balaban J connectivity index is 0.661. The average Bonchev–Trinajstić information content (AvgIpc) is 1.38. The molecule has 0 saturated carbocycles. The maximum atomic E-state index is 2.52. The highest BCUT2D eigenvalue weighted by Crippen LogP contribution is 2.49. The predicted molar refractivity (Wildman–Crippen MR) is 633 cm³/mol. The lowest BCUT2D eigenvalue weighted by molar-refractivity contribution is 1.18. The van der Waals surface area contributed by atoms with Crippen LogP contribution >= 0.6 is 0 Å². The van der Waals surface area contributed by atoms with Crippen molar-refractivity contribution in [2.45, 2.75) is 0 Å². The van der Waals surface area contributed by atoms with Gasteiger partial charge in [0.25, 0.3) is 0 Å². The average molecular weight is 1880 g/mol. The summed E-state index contributed by atoms with van der Waals surface area (Å²) in [5.41, 5.74) is 43.9. The van der Waals surface area contributed by atoms with Gasteiger partial charge in [0.1, 0.15) is 0 Å². The molecule has 0 atom stereocenters. The number of hydrogen-bond donors (Lipinski definition) is 0. The summed E-state index contributed by atoms with van der Waals surface area (Å²) in [5.74, 6) is 0. The first-order valence-corrected chi connectivity index (χ1v) is 51.3. The van der Waals surface area contributed by atoms with Crippen LogP contribution in [-0.2, 0) is 0 Å². The molecule has 0 saturated heterocycles. The van der Waals surface area contributed by atoms with E-state index in [1.165, 1.54) is 65.6 Å². The molecular weight excluding hydrogens is 1780 g/mol. The Kier molecular flexibility index (Phi) is 22.7. The number of fused-ring (bicyclic) bond motifs is 10. The number of anilines is 12. The largest absolute Gasteiger partial charge is 0.310 e. The lowest BCUT2D eigenvalue weighted by atomic mass is 9.21. The number of para-hydroxylation sites is 8. The van der Waals surface area contributed by atoms with Crippen molar-refractivity contribution in [3.05, 3.63) is 582 Å². The SMILES string of the molecule is c1ccc(B2c3ccccc3B(c3ccc(-c4cc(-c5ccc(-n6c7ccc(N(c8ccccc8)c8ccccc8)cc7c7cc(N(c8ccccc8)c8ccccc8)ccc76)cc5)c(-c5ccc(B6c7ccccc7B(c7ccccc7)c7ccccc76)cc5)cc4-c4ccc(-n5c6ccc(N(c7ccccc7)c7ccccc7)cc6c6cc(N(c7ccccc7)c7ccccc7)ccc65)cc4)cc3)c3ccccc32)cc1. The summed E-state index contributed by atoms with van der Waals surface area (Å²) in [6.45, 7) is 0.156. The lowest BCUT2D eigenvalue weighted by Gasteiger charge is -2.32. The van der Waals surface area contributed by atoms with E-state index in [1.54, 1.807) is 0 Å². The molecule has 0 radical (unpaired) electrons. The maximum Gasteiger partial charge on any atom is 0.240 e. The van der Waals surface area contributed by atoms with Crippen LogP contribution in [0.15, 0.2) is 582 Å². The third-order valence-electron chi connectivity index (χ3n) is 30.5. The van der Waals surface area contributed by atoms with Crippen LogP contribution < -0.4 is 85.2 Å². The molecule has 10 heteroatoms. The van der Waals surface area contributed by atoms with E-state index in [2.05, 4.69) is 611 Å². The molecule has 6 nitrogen and oxygen atoms in total. The van der Waals surface area contributed by atoms with Gasteiger partial charge in [0.2, 0.25) is 26.9 Å². The van der Waals surface area contributed by atoms with E-state index in [0.717, 1.165) is 168 Å². The highest BCUT2D eigenvalue weighted by atomic mass is 15.2. The van der Waals surface area contributed by atoms with E-state index in [0.29, 0.717) is 0 Å². The van der Waals surface area contributed by atoms with Crippen LogP contribution in [0.5, 0.6) is 0 Å². The molecule has 690 valence electrons. The molecule has 0 fully saturated rings. The van der Waals surface area contributed by atoms with Gasteiger partial charge < -0.3 is 28.7 Å². The van der Waals surface area contributed by atoms with E-state index in [1.807, 2.05) is 0 Å². The Bertz CT molecular complexity index is 8120. The fourth-order valence-electron chi connectivity index (χ4n) is 23.9. The Morgan fingerprint density at radius 1 is 0.128 bits per heavy atom. The molecule has 0 aliphatic carbocycles. The second-order valence-corrected chi connectivity index (χ2v) is 38.9. The molecule has 23 aromatic carbocycles. The molecule has 0 spiro atoms. The van der Waals surface area contributed by atoms with Gasteiger partial charge >= 0.3 is 0 Å². The normalized spacial score (nSPS) is 12.0. The molecule has 0 amide bonds. The van der Waals surface area contributed by atoms with Crippen molar-refractivity contribution in [1.82, 2.24) is 9.13 Å². The maximum absolute atomic E-state index is 2.52. The van der Waals surface area contributed by atoms with E-state index >= 15 is 0 Å². The Morgan fingerprint density at radius 2 is 0.291 bits per heavy atom. The van der Waals surface area contributed by atoms with Crippen molar-refractivity contribution >= 4 is 204 Å². The van der Waals surface area contributed by atoms with E-state index in [9.17, 15) is 0 Å². The van der Waals surface area contributed by atoms with Crippen LogP contribution in [0.4, 0.5) is 68.2 Å². The van der Waals surface area contributed by atoms with Crippen LogP contribution in [0.25, 0.3) is 99.5 Å². The van der Waals surface area contributed by atoms with E-state index in [4.69, 9.17) is 0 Å². The van der Waals surface area contributed by atoms with Crippen molar-refractivity contribution in [2.24, 2.45) is 0 Å². The Morgan fingerprint density at radius 3 is 0.480 bits per heavy atom. The number of benzene rings is 23. The summed E-state index contributed by atoms with van der Waals surface area (Å²) in [5, 5.41) is 4.53. The van der Waals surface area contributed by atoms with Gasteiger partial charge in [-0.2, -0.15) is 0 Å². The summed E-state index contributed by atoms with van der Waals surface area (Å²) in [6, 6.07) is 216. The van der Waals surface area contributed by atoms with Gasteiger partial charge in [-0.15, -0.1) is 0 Å². The number of nitrogens with zero attached hydrogens (tertiary/aromatic N) is 6. The molecule has 148 heavy (non-hydrogen) atoms. The third-order valence-corrected chi connectivity index (χ3v) is 30.5. The summed E-state index contributed by atoms with van der Waals surface area (Å²) >= 11 is 0. The van der Waals surface area contributed by atoms with Crippen molar-refractivity contribution in [3.8, 4) is 55.9 Å². The van der Waals surface area contributed by atoms with Crippen molar-refractivity contribution in [2.75, 3.05) is 19.6 Å². The molecule has 0 unspecified atom stereocenters. The zero-order valence-corrected chi connectivity index (χ0v) is 81.4. The van der Waals surface area contributed by atoms with Crippen LogP contribution in [0.3, 0.4) is 0 Å². The first kappa shape index (κ1) is 88.1. The third kappa shape index (κ3) is 15.9. The van der Waals surface area contributed by atoms with Crippen molar-refractivity contribution in [3.63, 3.8) is 0 Å². The van der Waals surface area contributed by atoms with E-state index < -0.39 is 0 Å². The van der Waals surface area contributed by atoms with E-state index in [-0.39, 0.29) is 26.9 Å². The fraction of sp³-hybridized carbons (Fsp3) is 0. The van der Waals surface area contributed by atoms with Gasteiger partial charge in [0.15, 0.2) is 0 Å². The molecule has 4 heterocycles. The summed E-state index contributed by atoms with van der Waals surface area (Å²) in [6.07, 6.45) is 0.